The molecule has 112 valence electrons. The first kappa shape index (κ1) is 65.7. The number of aliphatic carboxylic acids is 3. The molecule has 0 aromatic rings. The summed E-state index contributed by atoms with van der Waals surface area (Å²) < 4.78 is 0. The van der Waals surface area contributed by atoms with Crippen molar-refractivity contribution in [2.24, 2.45) is 0 Å². The second kappa shape index (κ2) is 54.7. The van der Waals surface area contributed by atoms with Crippen molar-refractivity contribution in [1.29, 1.82) is 0 Å². The van der Waals surface area contributed by atoms with E-state index in [9.17, 15) is 0 Å². The fourth-order valence-corrected chi connectivity index (χ4v) is 0. The van der Waals surface area contributed by atoms with Crippen LogP contribution >= 0.6 is 0 Å². The molecule has 0 aromatic carbocycles. The van der Waals surface area contributed by atoms with E-state index in [2.05, 4.69) is 0 Å². The molecule has 0 heterocycles. The van der Waals surface area contributed by atoms with Crippen LogP contribution in [-0.2, 0) is 14.4 Å². The Morgan fingerprint density at radius 3 is 0.556 bits per heavy atom. The molecule has 0 aliphatic carbocycles. The molecule has 0 bridgehead atoms. The maximum atomic E-state index is 8.89. The summed E-state index contributed by atoms with van der Waals surface area (Å²) in [6, 6.07) is 0. The Bertz CT molecular complexity index is 119. The molecular weight excluding hydrogens is 389 g/mol. The topological polar surface area (TPSA) is 278 Å². The van der Waals surface area contributed by atoms with Crippen LogP contribution in [0.2, 0.25) is 0 Å². The van der Waals surface area contributed by atoms with Gasteiger partial charge in [0.2, 0.25) is 0 Å². The Morgan fingerprint density at radius 1 is 0.556 bits per heavy atom. The number of carbonyl (C=O) groups is 3. The molecule has 0 saturated carbocycles. The molecule has 0 radical (unpaired) electrons. The molecule has 11 nitrogen and oxygen atoms in total. The van der Waals surface area contributed by atoms with Crippen molar-refractivity contribution in [2.45, 2.75) is 20.8 Å². The van der Waals surface area contributed by atoms with Crippen molar-refractivity contribution >= 4 is 17.9 Å². The third kappa shape index (κ3) is 18200. The second-order valence-corrected chi connectivity index (χ2v) is 1.47. The third-order valence-electron chi connectivity index (χ3n) is 0. The van der Waals surface area contributed by atoms with Crippen LogP contribution in [-0.4, -0.2) is 45.3 Å². The average molecular weight is 408 g/mol. The standard InChI is InChI=1S/3C2H4O2.5H2O.Pr/c3*1-2(3)4;;;;;;/h3*1H3,(H,3,4);5*1H2;/q;;;;;;;;+3/p-3. The average Bonchev–Trinajstić information content (AvgIpc) is 1.54. The van der Waals surface area contributed by atoms with Crippen LogP contribution in [0.4, 0.5) is 0 Å². The number of carboxylic acids is 3. The predicted octanol–water partition coefficient (Wildman–Crippen LogP) is -7.85. The fraction of sp³-hybridized carbons (Fsp3) is 0.500. The minimum Gasteiger partial charge on any atom is -0.550 e. The maximum Gasteiger partial charge on any atom is 3.00 e. The summed E-state index contributed by atoms with van der Waals surface area (Å²) in [5.74, 6) is -3.25. The molecular formula is C6H19O11Pr. The largest absolute Gasteiger partial charge is 3.00 e. The summed E-state index contributed by atoms with van der Waals surface area (Å²) in [5, 5.41) is 26.7. The molecule has 10 N–H and O–H groups in total. The van der Waals surface area contributed by atoms with Gasteiger partial charge in [-0.05, 0) is 20.8 Å². The molecule has 0 aliphatic rings. The molecule has 12 heteroatoms. The Morgan fingerprint density at radius 2 is 0.556 bits per heavy atom. The fourth-order valence-electron chi connectivity index (χ4n) is 0. The van der Waals surface area contributed by atoms with E-state index < -0.39 is 17.9 Å². The molecule has 0 unspecified atom stereocenters. The van der Waals surface area contributed by atoms with E-state index in [1.807, 2.05) is 0 Å². The zero-order valence-corrected chi connectivity index (χ0v) is 13.7. The Kier molecular flexibility index (Phi) is 200. The number of hydrogen-bond acceptors (Lipinski definition) is 6. The van der Waals surface area contributed by atoms with E-state index in [4.69, 9.17) is 29.7 Å². The zero-order chi connectivity index (χ0) is 10.7. The zero-order valence-electron chi connectivity index (χ0n) is 10.0. The Hall–Kier alpha value is -0.426. The molecule has 0 spiro atoms. The minimum atomic E-state index is -1.08. The van der Waals surface area contributed by atoms with Crippen LogP contribution in [0.15, 0.2) is 0 Å². The SMILES string of the molecule is CC(=O)[O-].CC(=O)[O-].CC(=O)[O-].O.O.O.O.O.[Pr+3]. The molecule has 0 atom stereocenters. The van der Waals surface area contributed by atoms with E-state index in [-0.39, 0.29) is 68.7 Å². The number of rotatable bonds is 0. The maximum absolute atomic E-state index is 8.89. The molecule has 0 rings (SSSR count). The summed E-state index contributed by atoms with van der Waals surface area (Å²) in [4.78, 5) is 26.7. The van der Waals surface area contributed by atoms with Crippen LogP contribution in [0.25, 0.3) is 0 Å². The van der Waals surface area contributed by atoms with Gasteiger partial charge in [-0.1, -0.05) is 0 Å². The summed E-state index contributed by atoms with van der Waals surface area (Å²) in [6.07, 6.45) is 0. The number of carboxylic acid groups (broad SMARTS) is 3. The Labute approximate surface area is 136 Å². The molecule has 18 heavy (non-hydrogen) atoms. The summed E-state index contributed by atoms with van der Waals surface area (Å²) in [6.45, 7) is 2.92. The van der Waals surface area contributed by atoms with Crippen molar-refractivity contribution in [3.8, 4) is 0 Å². The van der Waals surface area contributed by atoms with Crippen LogP contribution in [0, 0.1) is 41.3 Å². The summed E-state index contributed by atoms with van der Waals surface area (Å²) in [7, 11) is 0. The van der Waals surface area contributed by atoms with Gasteiger partial charge < -0.3 is 57.1 Å². The molecule has 0 aliphatic heterocycles. The first-order valence-corrected chi connectivity index (χ1v) is 2.72. The van der Waals surface area contributed by atoms with E-state index in [0.29, 0.717) is 0 Å². The van der Waals surface area contributed by atoms with Gasteiger partial charge in [0.25, 0.3) is 0 Å². The number of hydrogen-bond donors (Lipinski definition) is 0. The van der Waals surface area contributed by atoms with Crippen LogP contribution < -0.4 is 15.3 Å². The second-order valence-electron chi connectivity index (χ2n) is 1.47. The number of carbonyl (C=O) groups excluding carboxylic acids is 3. The van der Waals surface area contributed by atoms with Gasteiger partial charge in [0.05, 0.1) is 0 Å². The smallest absolute Gasteiger partial charge is 0.550 e. The molecule has 0 fully saturated rings. The van der Waals surface area contributed by atoms with E-state index >= 15 is 0 Å². The van der Waals surface area contributed by atoms with Gasteiger partial charge in [-0.25, -0.2) is 0 Å². The van der Waals surface area contributed by atoms with Gasteiger partial charge in [-0.3, -0.25) is 0 Å². The van der Waals surface area contributed by atoms with Gasteiger partial charge >= 0.3 is 41.3 Å². The monoisotopic (exact) mass is 408 g/mol. The van der Waals surface area contributed by atoms with Crippen LogP contribution in [0.1, 0.15) is 20.8 Å². The van der Waals surface area contributed by atoms with Crippen molar-refractivity contribution in [3.63, 3.8) is 0 Å². The minimum absolute atomic E-state index is 0. The van der Waals surface area contributed by atoms with E-state index in [0.717, 1.165) is 20.8 Å². The normalized spacial score (nSPS) is 4.17. The van der Waals surface area contributed by atoms with E-state index in [1.54, 1.807) is 0 Å². The van der Waals surface area contributed by atoms with Crippen LogP contribution in [0.3, 0.4) is 0 Å². The van der Waals surface area contributed by atoms with Gasteiger partial charge in [-0.15, -0.1) is 0 Å². The van der Waals surface area contributed by atoms with Crippen LogP contribution in [0.5, 0.6) is 0 Å². The summed E-state index contributed by atoms with van der Waals surface area (Å²) >= 11 is 0. The van der Waals surface area contributed by atoms with Crippen molar-refractivity contribution < 1.29 is 98.4 Å². The quantitative estimate of drug-likeness (QED) is 0.375. The van der Waals surface area contributed by atoms with Gasteiger partial charge in [0.15, 0.2) is 0 Å². The van der Waals surface area contributed by atoms with Crippen molar-refractivity contribution in [2.75, 3.05) is 0 Å². The van der Waals surface area contributed by atoms with Crippen molar-refractivity contribution in [1.82, 2.24) is 0 Å². The van der Waals surface area contributed by atoms with E-state index in [1.165, 1.54) is 0 Å². The Balaban J connectivity index is -0.00000000827. The first-order chi connectivity index (χ1) is 5.20. The predicted molar refractivity (Wildman–Crippen MR) is 50.1 cm³/mol. The first-order valence-electron chi connectivity index (χ1n) is 2.72. The molecule has 0 amide bonds. The molecule has 0 aromatic heterocycles. The molecule has 0 saturated heterocycles. The van der Waals surface area contributed by atoms with Gasteiger partial charge in [0.1, 0.15) is 0 Å². The summed E-state index contributed by atoms with van der Waals surface area (Å²) in [5.41, 5.74) is 0. The van der Waals surface area contributed by atoms with Crippen molar-refractivity contribution in [3.05, 3.63) is 0 Å². The third-order valence-corrected chi connectivity index (χ3v) is 0. The van der Waals surface area contributed by atoms with Gasteiger partial charge in [0, 0.05) is 17.9 Å². The van der Waals surface area contributed by atoms with Gasteiger partial charge in [-0.2, -0.15) is 0 Å².